The van der Waals surface area contributed by atoms with Crippen molar-refractivity contribution in [3.05, 3.63) is 50.9 Å². The first kappa shape index (κ1) is 18.2. The fourth-order valence-electron chi connectivity index (χ4n) is 3.36. The van der Waals surface area contributed by atoms with Crippen LogP contribution < -0.4 is 10.7 Å². The molecule has 0 bridgehead atoms. The van der Waals surface area contributed by atoms with Crippen molar-refractivity contribution in [2.45, 2.75) is 18.9 Å². The molecule has 6 nitrogen and oxygen atoms in total. The lowest BCUT2D eigenvalue weighted by Gasteiger charge is -2.29. The van der Waals surface area contributed by atoms with Gasteiger partial charge < -0.3 is 15.2 Å². The highest BCUT2D eigenvalue weighted by molar-refractivity contribution is 6.39. The molecule has 3 heterocycles. The number of hydrogen-bond acceptors (Lipinski definition) is 5. The quantitative estimate of drug-likeness (QED) is 0.695. The Labute approximate surface area is 166 Å². The maximum atomic E-state index is 12.9. The van der Waals surface area contributed by atoms with Gasteiger partial charge in [0.1, 0.15) is 5.65 Å². The Balaban J connectivity index is 1.68. The summed E-state index contributed by atoms with van der Waals surface area (Å²) in [6, 6.07) is 5.49. The van der Waals surface area contributed by atoms with Crippen LogP contribution in [0.15, 0.2) is 35.4 Å². The van der Waals surface area contributed by atoms with Crippen LogP contribution in [0.1, 0.15) is 12.8 Å². The van der Waals surface area contributed by atoms with Crippen molar-refractivity contribution in [2.24, 2.45) is 0 Å². The molecule has 0 radical (unpaired) electrons. The molecule has 4 rings (SSSR count). The average Bonchev–Trinajstić information content (AvgIpc) is 2.65. The van der Waals surface area contributed by atoms with E-state index in [0.717, 1.165) is 25.9 Å². The Morgan fingerprint density at radius 1 is 1.22 bits per heavy atom. The zero-order valence-corrected chi connectivity index (χ0v) is 16.3. The van der Waals surface area contributed by atoms with Gasteiger partial charge >= 0.3 is 0 Å². The molecule has 1 saturated heterocycles. The topological polar surface area (TPSA) is 73.9 Å². The molecule has 0 aliphatic carbocycles. The Bertz CT molecular complexity index is 1020. The summed E-state index contributed by atoms with van der Waals surface area (Å²) in [5.74, 6) is 0.524. The largest absolute Gasteiger partial charge is 0.351 e. The third-order valence-corrected chi connectivity index (χ3v) is 5.55. The molecule has 2 aromatic heterocycles. The number of halogens is 2. The summed E-state index contributed by atoms with van der Waals surface area (Å²) in [6.07, 6.45) is 5.23. The van der Waals surface area contributed by atoms with Crippen molar-refractivity contribution < 1.29 is 0 Å². The van der Waals surface area contributed by atoms with Crippen LogP contribution in [0.5, 0.6) is 0 Å². The number of rotatable bonds is 3. The number of fused-ring (bicyclic) bond motifs is 1. The monoisotopic (exact) mass is 403 g/mol. The molecule has 1 fully saturated rings. The predicted octanol–water partition coefficient (Wildman–Crippen LogP) is 3.80. The van der Waals surface area contributed by atoms with Gasteiger partial charge in [-0.15, -0.1) is 0 Å². The Morgan fingerprint density at radius 2 is 1.93 bits per heavy atom. The number of aromatic nitrogens is 3. The van der Waals surface area contributed by atoms with Crippen molar-refractivity contribution in [1.29, 1.82) is 0 Å². The van der Waals surface area contributed by atoms with Gasteiger partial charge in [-0.3, -0.25) is 4.79 Å². The van der Waals surface area contributed by atoms with Gasteiger partial charge in [-0.2, -0.15) is 4.98 Å². The van der Waals surface area contributed by atoms with E-state index in [1.165, 1.54) is 0 Å². The number of pyridine rings is 1. The Kier molecular flexibility index (Phi) is 5.04. The molecule has 0 unspecified atom stereocenters. The molecular weight excluding hydrogens is 385 g/mol. The van der Waals surface area contributed by atoms with Crippen LogP contribution >= 0.6 is 23.2 Å². The number of H-pyrrole nitrogens is 1. The molecule has 27 heavy (non-hydrogen) atoms. The van der Waals surface area contributed by atoms with Crippen LogP contribution in [0.2, 0.25) is 10.0 Å². The second kappa shape index (κ2) is 7.46. The van der Waals surface area contributed by atoms with Crippen molar-refractivity contribution in [3.8, 4) is 11.1 Å². The summed E-state index contributed by atoms with van der Waals surface area (Å²) < 4.78 is 0. The normalized spacial score (nSPS) is 16.0. The van der Waals surface area contributed by atoms with E-state index in [1.54, 1.807) is 30.6 Å². The number of piperidine rings is 1. The molecule has 0 atom stereocenters. The zero-order chi connectivity index (χ0) is 19.0. The fraction of sp³-hybridized carbons (Fsp3) is 0.316. The van der Waals surface area contributed by atoms with Crippen molar-refractivity contribution >= 4 is 40.2 Å². The van der Waals surface area contributed by atoms with Crippen LogP contribution in [0, 0.1) is 0 Å². The van der Waals surface area contributed by atoms with Crippen LogP contribution in [0.4, 0.5) is 5.95 Å². The predicted molar refractivity (Wildman–Crippen MR) is 110 cm³/mol. The standard InChI is InChI=1S/C19H19Cl2N5O/c1-26-7-5-11(6-8-26)24-19-23-10-13-17(27)12(9-22-18(13)25-19)16-14(20)3-2-4-15(16)21/h2-4,9-11H,5-8H2,1H3,(H2,22,23,24,25,27). The van der Waals surface area contributed by atoms with Gasteiger partial charge in [0, 0.05) is 29.6 Å². The number of anilines is 1. The minimum Gasteiger partial charge on any atom is -0.351 e. The van der Waals surface area contributed by atoms with Gasteiger partial charge in [0.25, 0.3) is 0 Å². The average molecular weight is 404 g/mol. The van der Waals surface area contributed by atoms with E-state index in [1.807, 2.05) is 0 Å². The van der Waals surface area contributed by atoms with Gasteiger partial charge in [0.15, 0.2) is 5.43 Å². The van der Waals surface area contributed by atoms with Crippen LogP contribution in [0.3, 0.4) is 0 Å². The lowest BCUT2D eigenvalue weighted by molar-refractivity contribution is 0.263. The lowest BCUT2D eigenvalue weighted by Crippen LogP contribution is -2.37. The maximum absolute atomic E-state index is 12.9. The minimum absolute atomic E-state index is 0.204. The Morgan fingerprint density at radius 3 is 2.63 bits per heavy atom. The SMILES string of the molecule is CN1CCC(Nc2ncc3c(=O)c(-c4c(Cl)cccc4Cl)c[nH]c3n2)CC1. The number of aromatic amines is 1. The molecule has 0 saturated carbocycles. The first-order valence-electron chi connectivity index (χ1n) is 8.81. The van der Waals surface area contributed by atoms with Crippen molar-refractivity contribution in [1.82, 2.24) is 19.9 Å². The van der Waals surface area contributed by atoms with Crippen LogP contribution in [0.25, 0.3) is 22.2 Å². The van der Waals surface area contributed by atoms with Crippen LogP contribution in [-0.2, 0) is 0 Å². The van der Waals surface area contributed by atoms with Crippen molar-refractivity contribution in [3.63, 3.8) is 0 Å². The first-order valence-corrected chi connectivity index (χ1v) is 9.56. The summed E-state index contributed by atoms with van der Waals surface area (Å²) >= 11 is 12.5. The number of benzene rings is 1. The van der Waals surface area contributed by atoms with E-state index in [9.17, 15) is 4.79 Å². The van der Waals surface area contributed by atoms with E-state index in [4.69, 9.17) is 23.2 Å². The minimum atomic E-state index is -0.204. The highest BCUT2D eigenvalue weighted by atomic mass is 35.5. The molecule has 0 amide bonds. The second-order valence-electron chi connectivity index (χ2n) is 6.81. The number of likely N-dealkylation sites (tertiary alicyclic amines) is 1. The summed E-state index contributed by atoms with van der Waals surface area (Å²) in [6.45, 7) is 2.09. The van der Waals surface area contributed by atoms with E-state index in [-0.39, 0.29) is 5.43 Å². The maximum Gasteiger partial charge on any atom is 0.224 e. The lowest BCUT2D eigenvalue weighted by atomic mass is 10.1. The molecular formula is C19H19Cl2N5O. The van der Waals surface area contributed by atoms with Crippen molar-refractivity contribution in [2.75, 3.05) is 25.5 Å². The molecule has 1 aliphatic rings. The van der Waals surface area contributed by atoms with Gasteiger partial charge in [-0.1, -0.05) is 29.3 Å². The smallest absolute Gasteiger partial charge is 0.224 e. The van der Waals surface area contributed by atoms with E-state index in [2.05, 4.69) is 32.2 Å². The van der Waals surface area contributed by atoms with Gasteiger partial charge in [-0.25, -0.2) is 4.98 Å². The number of nitrogens with one attached hydrogen (secondary N) is 2. The summed E-state index contributed by atoms with van der Waals surface area (Å²) in [5.41, 5.74) is 1.19. The number of nitrogens with zero attached hydrogens (tertiary/aromatic N) is 3. The zero-order valence-electron chi connectivity index (χ0n) is 14.8. The van der Waals surface area contributed by atoms with Crippen LogP contribution in [-0.4, -0.2) is 46.0 Å². The summed E-state index contributed by atoms with van der Waals surface area (Å²) in [5, 5.41) is 4.61. The summed E-state index contributed by atoms with van der Waals surface area (Å²) in [7, 11) is 2.12. The van der Waals surface area contributed by atoms with Gasteiger partial charge in [0.05, 0.1) is 15.4 Å². The number of hydrogen-bond donors (Lipinski definition) is 2. The molecule has 140 valence electrons. The molecule has 8 heteroatoms. The third kappa shape index (κ3) is 3.65. The first-order chi connectivity index (χ1) is 13.0. The highest BCUT2D eigenvalue weighted by Crippen LogP contribution is 2.32. The molecule has 1 aliphatic heterocycles. The highest BCUT2D eigenvalue weighted by Gasteiger charge is 2.18. The molecule has 1 aromatic carbocycles. The molecule has 0 spiro atoms. The Hall–Kier alpha value is -2.15. The van der Waals surface area contributed by atoms with E-state index in [0.29, 0.717) is 44.2 Å². The molecule has 2 N–H and O–H groups in total. The van der Waals surface area contributed by atoms with Gasteiger partial charge in [-0.05, 0) is 45.1 Å². The second-order valence-corrected chi connectivity index (χ2v) is 7.62. The summed E-state index contributed by atoms with van der Waals surface area (Å²) in [4.78, 5) is 27.1. The van der Waals surface area contributed by atoms with Gasteiger partial charge in [0.2, 0.25) is 5.95 Å². The fourth-order valence-corrected chi connectivity index (χ4v) is 3.96. The third-order valence-electron chi connectivity index (χ3n) is 4.92. The molecule has 3 aromatic rings. The van der Waals surface area contributed by atoms with E-state index >= 15 is 0 Å². The van der Waals surface area contributed by atoms with E-state index < -0.39 is 0 Å².